The Labute approximate surface area is 156 Å². The first kappa shape index (κ1) is 15.7. The van der Waals surface area contributed by atoms with Crippen LogP contribution in [0.2, 0.25) is 0 Å². The van der Waals surface area contributed by atoms with Crippen molar-refractivity contribution in [1.29, 1.82) is 0 Å². The zero-order chi connectivity index (χ0) is 16.1. The summed E-state index contributed by atoms with van der Waals surface area (Å²) < 4.78 is 8.46. The van der Waals surface area contributed by atoms with Gasteiger partial charge in [0.05, 0.1) is 20.4 Å². The fourth-order valence-corrected chi connectivity index (χ4v) is 4.90. The van der Waals surface area contributed by atoms with Gasteiger partial charge in [0.25, 0.3) is 0 Å². The van der Waals surface area contributed by atoms with Gasteiger partial charge in [-0.25, -0.2) is 5.01 Å². The summed E-state index contributed by atoms with van der Waals surface area (Å²) in [6.45, 7) is 4.36. The lowest BCUT2D eigenvalue weighted by atomic mass is 9.97. The van der Waals surface area contributed by atoms with Gasteiger partial charge in [0, 0.05) is 22.4 Å². The van der Waals surface area contributed by atoms with Crippen LogP contribution in [0.25, 0.3) is 0 Å². The van der Waals surface area contributed by atoms with E-state index in [9.17, 15) is 0 Å². The Morgan fingerprint density at radius 2 is 2.09 bits per heavy atom. The van der Waals surface area contributed by atoms with Crippen LogP contribution in [-0.2, 0) is 0 Å². The highest BCUT2D eigenvalue weighted by molar-refractivity contribution is 9.11. The average Bonchev–Trinajstić information content (AvgIpc) is 3.12. The smallest absolute Gasteiger partial charge is 0.190 e. The molecule has 2 atom stereocenters. The van der Waals surface area contributed by atoms with Crippen molar-refractivity contribution in [3.63, 3.8) is 0 Å². The third kappa shape index (κ3) is 2.75. The Kier molecular flexibility index (Phi) is 4.02. The number of rotatable bonds is 2. The number of hydrogen-bond acceptors (Lipinski definition) is 4. The normalized spacial score (nSPS) is 22.7. The summed E-state index contributed by atoms with van der Waals surface area (Å²) in [5, 5.41) is 7.08. The van der Waals surface area contributed by atoms with Gasteiger partial charge in [0.15, 0.2) is 6.23 Å². The topological polar surface area (TPSA) is 24.8 Å². The number of ether oxygens (including phenoxy) is 1. The van der Waals surface area contributed by atoms with Crippen molar-refractivity contribution in [1.82, 2.24) is 5.01 Å². The van der Waals surface area contributed by atoms with E-state index in [1.54, 1.807) is 11.3 Å². The van der Waals surface area contributed by atoms with E-state index in [0.717, 1.165) is 26.1 Å². The molecular weight excluding hydrogens is 440 g/mol. The van der Waals surface area contributed by atoms with Gasteiger partial charge in [-0.2, -0.15) is 5.10 Å². The molecule has 1 aromatic carbocycles. The fraction of sp³-hybridized carbons (Fsp3) is 0.353. The first-order valence-corrected chi connectivity index (χ1v) is 10.0. The van der Waals surface area contributed by atoms with E-state index in [1.165, 1.54) is 10.4 Å². The second kappa shape index (κ2) is 5.90. The third-order valence-corrected chi connectivity index (χ3v) is 6.38. The molecule has 0 amide bonds. The van der Waals surface area contributed by atoms with E-state index >= 15 is 0 Å². The van der Waals surface area contributed by atoms with Gasteiger partial charge < -0.3 is 4.74 Å². The van der Waals surface area contributed by atoms with Crippen molar-refractivity contribution in [3.05, 3.63) is 49.0 Å². The van der Waals surface area contributed by atoms with Crippen LogP contribution in [-0.4, -0.2) is 16.9 Å². The van der Waals surface area contributed by atoms with E-state index in [4.69, 9.17) is 9.84 Å². The average molecular weight is 456 g/mol. The highest BCUT2D eigenvalue weighted by Crippen LogP contribution is 2.45. The molecule has 4 rings (SSSR count). The third-order valence-electron chi connectivity index (χ3n) is 4.21. The summed E-state index contributed by atoms with van der Waals surface area (Å²) in [6, 6.07) is 10.7. The minimum absolute atomic E-state index is 0.0189. The second-order valence-corrected chi connectivity index (χ2v) is 9.56. The first-order chi connectivity index (χ1) is 11.0. The van der Waals surface area contributed by atoms with Crippen LogP contribution in [0.1, 0.15) is 36.8 Å². The number of benzene rings is 1. The summed E-state index contributed by atoms with van der Waals surface area (Å²) in [5.41, 5.74) is 2.36. The van der Waals surface area contributed by atoms with E-state index in [0.29, 0.717) is 5.92 Å². The molecule has 0 saturated carbocycles. The Hall–Kier alpha value is -0.850. The molecule has 0 radical (unpaired) electrons. The van der Waals surface area contributed by atoms with Gasteiger partial charge in [-0.3, -0.25) is 0 Å². The monoisotopic (exact) mass is 454 g/mol. The maximum absolute atomic E-state index is 6.24. The molecule has 0 unspecified atom stereocenters. The molecular formula is C17H16Br2N2OS. The molecule has 0 saturated heterocycles. The molecule has 120 valence electrons. The van der Waals surface area contributed by atoms with Crippen LogP contribution in [0.15, 0.2) is 43.7 Å². The highest BCUT2D eigenvalue weighted by atomic mass is 79.9. The van der Waals surface area contributed by atoms with Crippen molar-refractivity contribution in [2.75, 3.05) is 0 Å². The van der Waals surface area contributed by atoms with E-state index in [2.05, 4.69) is 75.0 Å². The van der Waals surface area contributed by atoms with Gasteiger partial charge in [-0.15, -0.1) is 11.3 Å². The number of nitrogens with zero attached hydrogens (tertiary/aromatic N) is 2. The Morgan fingerprint density at radius 3 is 2.78 bits per heavy atom. The predicted octanol–water partition coefficient (Wildman–Crippen LogP) is 5.80. The summed E-state index contributed by atoms with van der Waals surface area (Å²) in [5.74, 6) is 1.35. The fourth-order valence-electron chi connectivity index (χ4n) is 3.15. The molecule has 0 spiro atoms. The quantitative estimate of drug-likeness (QED) is 0.571. The SMILES string of the molecule is CC(C)[C@H]1Oc2ccc(Br)cc2[C@@H]2CC(c3ccc(Br)s3)=NN12. The Bertz CT molecular complexity index is 787. The number of halogens is 2. The van der Waals surface area contributed by atoms with Crippen molar-refractivity contribution >= 4 is 48.9 Å². The molecule has 1 aromatic heterocycles. The minimum Gasteiger partial charge on any atom is -0.468 e. The summed E-state index contributed by atoms with van der Waals surface area (Å²) in [7, 11) is 0. The van der Waals surface area contributed by atoms with Gasteiger partial charge in [0.2, 0.25) is 0 Å². The lowest BCUT2D eigenvalue weighted by Gasteiger charge is -2.40. The van der Waals surface area contributed by atoms with Crippen LogP contribution < -0.4 is 4.74 Å². The maximum atomic E-state index is 6.24. The van der Waals surface area contributed by atoms with E-state index in [-0.39, 0.29) is 12.3 Å². The van der Waals surface area contributed by atoms with Crippen molar-refractivity contribution in [2.24, 2.45) is 11.0 Å². The van der Waals surface area contributed by atoms with Crippen molar-refractivity contribution in [2.45, 2.75) is 32.5 Å². The molecule has 3 nitrogen and oxygen atoms in total. The zero-order valence-corrected chi connectivity index (χ0v) is 16.8. The maximum Gasteiger partial charge on any atom is 0.190 e. The van der Waals surface area contributed by atoms with Gasteiger partial charge in [-0.05, 0) is 46.3 Å². The van der Waals surface area contributed by atoms with E-state index < -0.39 is 0 Å². The van der Waals surface area contributed by atoms with Crippen molar-refractivity contribution in [3.8, 4) is 5.75 Å². The van der Waals surface area contributed by atoms with Gasteiger partial charge in [0.1, 0.15) is 5.75 Å². The molecule has 23 heavy (non-hydrogen) atoms. The Morgan fingerprint density at radius 1 is 1.26 bits per heavy atom. The van der Waals surface area contributed by atoms with Crippen LogP contribution in [0.5, 0.6) is 5.75 Å². The first-order valence-electron chi connectivity index (χ1n) is 7.60. The summed E-state index contributed by atoms with van der Waals surface area (Å²) in [4.78, 5) is 1.23. The second-order valence-electron chi connectivity index (χ2n) is 6.18. The molecule has 0 aliphatic carbocycles. The standard InChI is InChI=1S/C17H16Br2N2OS/c1-9(2)17-21-13(11-7-10(18)3-4-14(11)22-17)8-12(20-21)15-5-6-16(19)23-15/h3-7,9,13,17H,8H2,1-2H3/t13-,17+/m0/s1. The lowest BCUT2D eigenvalue weighted by Crippen LogP contribution is -2.43. The zero-order valence-electron chi connectivity index (χ0n) is 12.8. The van der Waals surface area contributed by atoms with Crippen LogP contribution in [0.4, 0.5) is 0 Å². The van der Waals surface area contributed by atoms with Crippen LogP contribution >= 0.6 is 43.2 Å². The largest absolute Gasteiger partial charge is 0.468 e. The van der Waals surface area contributed by atoms with Crippen LogP contribution in [0.3, 0.4) is 0 Å². The molecule has 2 aliphatic heterocycles. The number of hydrazone groups is 1. The predicted molar refractivity (Wildman–Crippen MR) is 101 cm³/mol. The molecule has 3 heterocycles. The molecule has 2 aliphatic rings. The van der Waals surface area contributed by atoms with Gasteiger partial charge in [-0.1, -0.05) is 29.8 Å². The number of fused-ring (bicyclic) bond motifs is 3. The summed E-state index contributed by atoms with van der Waals surface area (Å²) >= 11 is 8.86. The van der Waals surface area contributed by atoms with E-state index in [1.807, 2.05) is 6.07 Å². The summed E-state index contributed by atoms with van der Waals surface area (Å²) in [6.07, 6.45) is 0.901. The van der Waals surface area contributed by atoms with Crippen LogP contribution in [0, 0.1) is 5.92 Å². The molecule has 0 N–H and O–H groups in total. The number of hydrogen-bond donors (Lipinski definition) is 0. The molecule has 0 fully saturated rings. The van der Waals surface area contributed by atoms with Gasteiger partial charge >= 0.3 is 0 Å². The van der Waals surface area contributed by atoms with Crippen molar-refractivity contribution < 1.29 is 4.74 Å². The minimum atomic E-state index is -0.0189. The Balaban J connectivity index is 1.76. The highest BCUT2D eigenvalue weighted by Gasteiger charge is 2.41. The number of thiophene rings is 1. The lowest BCUT2D eigenvalue weighted by molar-refractivity contribution is -0.0461. The molecule has 6 heteroatoms. The molecule has 2 aromatic rings. The molecule has 0 bridgehead atoms.